The molecular formula is C30H54N2O10S5. The molecule has 0 bridgehead atoms. The fourth-order valence-electron chi connectivity index (χ4n) is 2.24. The maximum atomic E-state index is 11.7. The highest BCUT2D eigenvalue weighted by atomic mass is 32.2. The van der Waals surface area contributed by atoms with E-state index in [-0.39, 0.29) is 44.9 Å². The molecule has 0 heterocycles. The number of carboxylic acids is 1. The normalized spacial score (nSPS) is 9.21. The molecule has 0 aromatic heterocycles. The van der Waals surface area contributed by atoms with Crippen molar-refractivity contribution in [1.82, 2.24) is 9.80 Å². The van der Waals surface area contributed by atoms with Crippen molar-refractivity contribution in [2.75, 3.05) is 46.0 Å². The lowest BCUT2D eigenvalue weighted by molar-refractivity contribution is -0.431. The number of hydrogen-bond acceptors (Lipinski definition) is 13. The Balaban J connectivity index is -0.000000126. The molecule has 17 heteroatoms. The molecular weight excluding hydrogens is 709 g/mol. The van der Waals surface area contributed by atoms with Crippen LogP contribution in [-0.4, -0.2) is 117 Å². The van der Waals surface area contributed by atoms with Crippen molar-refractivity contribution in [3.05, 3.63) is 0 Å². The van der Waals surface area contributed by atoms with Gasteiger partial charge in [0.2, 0.25) is 0 Å². The van der Waals surface area contributed by atoms with Crippen LogP contribution < -0.4 is 0 Å². The lowest BCUT2D eigenvalue weighted by Gasteiger charge is -2.28. The molecule has 0 atom stereocenters. The van der Waals surface area contributed by atoms with E-state index in [1.807, 2.05) is 51.3 Å². The predicted octanol–water partition coefficient (Wildman–Crippen LogP) is 4.11. The van der Waals surface area contributed by atoms with Gasteiger partial charge < -0.3 is 35.7 Å². The summed E-state index contributed by atoms with van der Waals surface area (Å²) in [4.78, 5) is 26.6. The first-order valence-corrected chi connectivity index (χ1v) is 16.9. The number of ketones is 1. The summed E-state index contributed by atoms with van der Waals surface area (Å²) in [5.74, 6) is 11.5. The molecule has 0 aromatic rings. The Morgan fingerprint density at radius 2 is 1.17 bits per heavy atom. The van der Waals surface area contributed by atoms with E-state index in [1.54, 1.807) is 20.8 Å². The van der Waals surface area contributed by atoms with Crippen LogP contribution in [0.4, 0.5) is 0 Å². The van der Waals surface area contributed by atoms with Crippen LogP contribution >= 0.6 is 60.0 Å². The molecule has 0 aliphatic carbocycles. The number of hydrogen-bond donors (Lipinski definition) is 5. The third-order valence-corrected chi connectivity index (χ3v) is 8.44. The summed E-state index contributed by atoms with van der Waals surface area (Å²) >= 11 is 13.7. The molecule has 47 heavy (non-hydrogen) atoms. The fourth-order valence-corrected chi connectivity index (χ4v) is 6.11. The van der Waals surface area contributed by atoms with Crippen molar-refractivity contribution in [2.24, 2.45) is 0 Å². The SMILES string of the molecule is C.CC#CC#CC#CSOOO.CCN(CC)C(=S)SC(C)(C)C(=O)CCO.CCN(CC)C(=S)SC(C)(C)C(=O)O.O.OCCO. The number of thioether (sulfide) groups is 2. The molecule has 0 aliphatic rings. The Morgan fingerprint density at radius 1 is 0.766 bits per heavy atom. The molecule has 7 N–H and O–H groups in total. The van der Waals surface area contributed by atoms with E-state index in [2.05, 4.69) is 44.2 Å². The summed E-state index contributed by atoms with van der Waals surface area (Å²) in [6, 6.07) is 0. The van der Waals surface area contributed by atoms with Crippen LogP contribution in [0.25, 0.3) is 0 Å². The van der Waals surface area contributed by atoms with Gasteiger partial charge in [-0.3, -0.25) is 9.59 Å². The van der Waals surface area contributed by atoms with Gasteiger partial charge in [-0.05, 0) is 80.1 Å². The summed E-state index contributed by atoms with van der Waals surface area (Å²) in [7, 11) is 0. The molecule has 0 amide bonds. The second-order valence-electron chi connectivity index (χ2n) is 8.83. The first-order valence-electron chi connectivity index (χ1n) is 13.7. The number of thiocarbonyl (C=S) groups is 2. The van der Waals surface area contributed by atoms with Gasteiger partial charge in [0.1, 0.15) is 25.4 Å². The average Bonchev–Trinajstić information content (AvgIpc) is 2.98. The number of aliphatic hydroxyl groups is 3. The van der Waals surface area contributed by atoms with Crippen molar-refractivity contribution in [3.8, 4) is 34.9 Å². The van der Waals surface area contributed by atoms with Gasteiger partial charge in [-0.1, -0.05) is 66.3 Å². The molecule has 0 aromatic carbocycles. The zero-order valence-electron chi connectivity index (χ0n) is 28.0. The summed E-state index contributed by atoms with van der Waals surface area (Å²) in [5, 5.41) is 46.2. The third kappa shape index (κ3) is 34.0. The minimum atomic E-state index is -0.848. The van der Waals surface area contributed by atoms with Crippen LogP contribution in [0.15, 0.2) is 0 Å². The van der Waals surface area contributed by atoms with Gasteiger partial charge in [-0.15, -0.1) is 4.33 Å². The molecule has 0 spiro atoms. The predicted molar refractivity (Wildman–Crippen MR) is 205 cm³/mol. The zero-order valence-corrected chi connectivity index (χ0v) is 32.0. The second-order valence-corrected chi connectivity index (χ2v) is 13.8. The van der Waals surface area contributed by atoms with E-state index < -0.39 is 15.5 Å². The van der Waals surface area contributed by atoms with Crippen LogP contribution in [-0.2, 0) is 19.0 Å². The topological polar surface area (TPSA) is 192 Å². The Morgan fingerprint density at radius 3 is 1.49 bits per heavy atom. The van der Waals surface area contributed by atoms with E-state index in [0.717, 1.165) is 30.5 Å². The largest absolute Gasteiger partial charge is 0.480 e. The number of aliphatic hydroxyl groups excluding tert-OH is 3. The highest BCUT2D eigenvalue weighted by molar-refractivity contribution is 8.24. The molecule has 274 valence electrons. The molecule has 0 aliphatic heterocycles. The standard InChI is InChI=1S/C11H21NO2S2.C9H17NO2S2.C7H4O3S.C2H6O2.CH4.H2O/c1-5-12(6-2)10(15)16-11(3,4)9(14)7-8-13;1-5-10(6-2)8(13)14-9(3,4)7(11)12;1-2-3-4-5-6-7-11-10-9-8;3-1-2-4;;/h13H,5-8H2,1-4H3;5-6H2,1-4H3,(H,11,12);8H,1H3;3-4H,1-2H2;1H4;1H2. The van der Waals surface area contributed by atoms with Gasteiger partial charge in [-0.25, -0.2) is 5.26 Å². The molecule has 0 radical (unpaired) electrons. The molecule has 0 fully saturated rings. The maximum Gasteiger partial charge on any atom is 0.319 e. The van der Waals surface area contributed by atoms with Crippen LogP contribution in [0, 0.1) is 34.9 Å². The van der Waals surface area contributed by atoms with E-state index in [4.69, 9.17) is 50.1 Å². The van der Waals surface area contributed by atoms with Crippen LogP contribution in [0.5, 0.6) is 0 Å². The summed E-state index contributed by atoms with van der Waals surface area (Å²) in [5.41, 5.74) is 0. The molecule has 0 rings (SSSR count). The van der Waals surface area contributed by atoms with Gasteiger partial charge in [0.25, 0.3) is 0 Å². The second kappa shape index (κ2) is 37.2. The first-order chi connectivity index (χ1) is 21.1. The molecule has 0 saturated carbocycles. The number of carbonyl (C=O) groups is 2. The maximum absolute atomic E-state index is 11.7. The van der Waals surface area contributed by atoms with Crippen molar-refractivity contribution in [3.63, 3.8) is 0 Å². The van der Waals surface area contributed by atoms with Gasteiger partial charge in [0.05, 0.1) is 24.6 Å². The van der Waals surface area contributed by atoms with Gasteiger partial charge in [0, 0.05) is 43.8 Å². The monoisotopic (exact) mass is 762 g/mol. The summed E-state index contributed by atoms with van der Waals surface area (Å²) in [6.07, 6.45) is 0.195. The van der Waals surface area contributed by atoms with E-state index in [1.165, 1.54) is 23.5 Å². The Bertz CT molecular complexity index is 1030. The van der Waals surface area contributed by atoms with Crippen molar-refractivity contribution in [1.29, 1.82) is 0 Å². The van der Waals surface area contributed by atoms with Crippen molar-refractivity contribution >= 4 is 80.4 Å². The highest BCUT2D eigenvalue weighted by Crippen LogP contribution is 2.29. The van der Waals surface area contributed by atoms with Crippen LogP contribution in [0.1, 0.15) is 76.2 Å². The van der Waals surface area contributed by atoms with Gasteiger partial charge in [0.15, 0.2) is 5.78 Å². The fraction of sp³-hybridized carbons (Fsp3) is 0.667. The summed E-state index contributed by atoms with van der Waals surface area (Å²) in [6.45, 7) is 19.8. The third-order valence-electron chi connectivity index (χ3n) is 4.82. The van der Waals surface area contributed by atoms with E-state index in [9.17, 15) is 9.59 Å². The van der Waals surface area contributed by atoms with E-state index >= 15 is 0 Å². The van der Waals surface area contributed by atoms with Crippen molar-refractivity contribution in [2.45, 2.75) is 85.7 Å². The minimum absolute atomic E-state index is 0. The van der Waals surface area contributed by atoms with Gasteiger partial charge in [-0.2, -0.15) is 0 Å². The highest BCUT2D eigenvalue weighted by Gasteiger charge is 2.31. The number of rotatable bonds is 13. The lowest BCUT2D eigenvalue weighted by Crippen LogP contribution is -2.35. The number of nitrogens with zero attached hydrogens (tertiary/aromatic N) is 2. The van der Waals surface area contributed by atoms with Crippen LogP contribution in [0.2, 0.25) is 0 Å². The quantitative estimate of drug-likeness (QED) is 0.0449. The Hall–Kier alpha value is -1.63. The average molecular weight is 763 g/mol. The Kier molecular flexibility index (Phi) is 45.6. The number of carbonyl (C=O) groups excluding carboxylic acids is 1. The smallest absolute Gasteiger partial charge is 0.319 e. The number of carboxylic acid groups (broad SMARTS) is 1. The zero-order chi connectivity index (χ0) is 35.9. The lowest BCUT2D eigenvalue weighted by atomic mass is 10.1. The van der Waals surface area contributed by atoms with Crippen molar-refractivity contribution < 1.29 is 50.1 Å². The minimum Gasteiger partial charge on any atom is -0.480 e. The Labute approximate surface area is 305 Å². The first kappa shape index (κ1) is 57.6. The van der Waals surface area contributed by atoms with Gasteiger partial charge >= 0.3 is 5.97 Å². The number of aliphatic carboxylic acids is 1. The summed E-state index contributed by atoms with van der Waals surface area (Å²) < 4.78 is 3.94. The van der Waals surface area contributed by atoms with E-state index in [0.29, 0.717) is 16.4 Å². The molecule has 0 unspecified atom stereocenters. The molecule has 0 saturated heterocycles. The molecule has 12 nitrogen and oxygen atoms in total. The number of Topliss-reactive ketones (excluding diaryl/α,β-unsaturated/α-hetero) is 1. The van der Waals surface area contributed by atoms with Crippen LogP contribution in [0.3, 0.4) is 0 Å².